The van der Waals surface area contributed by atoms with E-state index in [1.54, 1.807) is 0 Å². The molecule has 0 bridgehead atoms. The summed E-state index contributed by atoms with van der Waals surface area (Å²) in [6.07, 6.45) is 17.0. The molecule has 2 fully saturated rings. The van der Waals surface area contributed by atoms with Crippen LogP contribution in [0.5, 0.6) is 0 Å². The predicted octanol–water partition coefficient (Wildman–Crippen LogP) is 4.47. The largest absolute Gasteiger partial charge is 0.326 e. The van der Waals surface area contributed by atoms with Gasteiger partial charge < -0.3 is 5.73 Å². The monoisotopic (exact) mass is 280 g/mol. The molecule has 0 spiro atoms. The van der Waals surface area contributed by atoms with Gasteiger partial charge in [-0.15, -0.1) is 0 Å². The van der Waals surface area contributed by atoms with Crippen LogP contribution in [0.2, 0.25) is 0 Å². The zero-order chi connectivity index (χ0) is 14.4. The number of nitrogens with two attached hydrogens (primary N) is 1. The van der Waals surface area contributed by atoms with E-state index in [1.165, 1.54) is 77.2 Å². The van der Waals surface area contributed by atoms with Crippen molar-refractivity contribution < 1.29 is 0 Å². The van der Waals surface area contributed by atoms with Crippen LogP contribution in [0.3, 0.4) is 0 Å². The number of hydrogen-bond acceptors (Lipinski definition) is 2. The molecule has 0 aromatic heterocycles. The molecule has 2 aliphatic carbocycles. The van der Waals surface area contributed by atoms with Gasteiger partial charge in [-0.3, -0.25) is 4.90 Å². The number of rotatable bonds is 6. The summed E-state index contributed by atoms with van der Waals surface area (Å²) < 4.78 is 0. The van der Waals surface area contributed by atoms with Crippen LogP contribution in [0.25, 0.3) is 0 Å². The third-order valence-corrected chi connectivity index (χ3v) is 5.32. The van der Waals surface area contributed by atoms with Gasteiger partial charge in [0.15, 0.2) is 0 Å². The Hall–Kier alpha value is -0.0800. The summed E-state index contributed by atoms with van der Waals surface area (Å²) in [6, 6.07) is 1.76. The highest BCUT2D eigenvalue weighted by atomic mass is 15.2. The Balaban J connectivity index is 1.88. The first-order chi connectivity index (χ1) is 9.56. The maximum absolute atomic E-state index is 6.16. The molecular formula is C18H36N2. The van der Waals surface area contributed by atoms with Crippen LogP contribution in [0.15, 0.2) is 0 Å². The number of nitrogens with zero attached hydrogens (tertiary/aromatic N) is 1. The first kappa shape index (κ1) is 16.3. The van der Waals surface area contributed by atoms with Gasteiger partial charge in [0, 0.05) is 17.6 Å². The summed E-state index contributed by atoms with van der Waals surface area (Å²) in [7, 11) is 0. The fourth-order valence-electron chi connectivity index (χ4n) is 4.21. The normalized spacial score (nSPS) is 23.4. The lowest BCUT2D eigenvalue weighted by Gasteiger charge is -2.42. The molecule has 0 aromatic rings. The van der Waals surface area contributed by atoms with Crippen molar-refractivity contribution >= 4 is 0 Å². The highest BCUT2D eigenvalue weighted by molar-refractivity contribution is 4.84. The molecule has 0 saturated heterocycles. The van der Waals surface area contributed by atoms with Crippen LogP contribution in [-0.4, -0.2) is 29.1 Å². The third-order valence-electron chi connectivity index (χ3n) is 5.32. The first-order valence-corrected chi connectivity index (χ1v) is 9.11. The Labute approximate surface area is 126 Å². The van der Waals surface area contributed by atoms with Crippen molar-refractivity contribution in [3.8, 4) is 0 Å². The van der Waals surface area contributed by atoms with Gasteiger partial charge in [0.1, 0.15) is 0 Å². The number of hydrogen-bond donors (Lipinski definition) is 1. The van der Waals surface area contributed by atoms with Gasteiger partial charge in [-0.1, -0.05) is 38.5 Å². The quantitative estimate of drug-likeness (QED) is 0.777. The molecule has 0 heterocycles. The molecule has 2 nitrogen and oxygen atoms in total. The van der Waals surface area contributed by atoms with E-state index < -0.39 is 0 Å². The van der Waals surface area contributed by atoms with Gasteiger partial charge in [-0.05, 0) is 58.9 Å². The van der Waals surface area contributed by atoms with Gasteiger partial charge in [-0.2, -0.15) is 0 Å². The molecule has 0 aliphatic heterocycles. The van der Waals surface area contributed by atoms with Crippen LogP contribution >= 0.6 is 0 Å². The van der Waals surface area contributed by atoms with Crippen LogP contribution in [0.1, 0.15) is 90.9 Å². The Morgan fingerprint density at radius 3 is 1.70 bits per heavy atom. The summed E-state index contributed by atoms with van der Waals surface area (Å²) in [5.41, 5.74) is 6.16. The molecule has 0 atom stereocenters. The summed E-state index contributed by atoms with van der Waals surface area (Å²) in [5.74, 6) is 0. The molecule has 20 heavy (non-hydrogen) atoms. The van der Waals surface area contributed by atoms with Gasteiger partial charge in [-0.25, -0.2) is 0 Å². The van der Waals surface area contributed by atoms with Crippen LogP contribution < -0.4 is 5.73 Å². The third kappa shape index (κ3) is 5.37. The van der Waals surface area contributed by atoms with Crippen molar-refractivity contribution in [3.05, 3.63) is 0 Å². The second-order valence-corrected chi connectivity index (χ2v) is 7.91. The van der Waals surface area contributed by atoms with E-state index in [0.29, 0.717) is 0 Å². The molecule has 0 aromatic carbocycles. The Morgan fingerprint density at radius 2 is 1.30 bits per heavy atom. The lowest BCUT2D eigenvalue weighted by Crippen LogP contribution is -2.46. The van der Waals surface area contributed by atoms with Crippen molar-refractivity contribution in [2.24, 2.45) is 5.73 Å². The maximum atomic E-state index is 6.16. The molecule has 0 amide bonds. The average molecular weight is 280 g/mol. The minimum absolute atomic E-state index is 0.00476. The summed E-state index contributed by atoms with van der Waals surface area (Å²) >= 11 is 0. The van der Waals surface area contributed by atoms with E-state index in [4.69, 9.17) is 5.73 Å². The van der Waals surface area contributed by atoms with E-state index in [2.05, 4.69) is 18.7 Å². The van der Waals surface area contributed by atoms with Gasteiger partial charge in [0.2, 0.25) is 0 Å². The molecule has 2 N–H and O–H groups in total. The zero-order valence-electron chi connectivity index (χ0n) is 13.9. The van der Waals surface area contributed by atoms with Crippen molar-refractivity contribution in [2.75, 3.05) is 6.54 Å². The van der Waals surface area contributed by atoms with Gasteiger partial charge in [0.05, 0.1) is 0 Å². The smallest absolute Gasteiger partial charge is 0.00981 e. The highest BCUT2D eigenvalue weighted by Gasteiger charge is 2.28. The fraction of sp³-hybridized carbons (Fsp3) is 1.00. The van der Waals surface area contributed by atoms with Crippen molar-refractivity contribution in [1.29, 1.82) is 0 Å². The van der Waals surface area contributed by atoms with Crippen LogP contribution in [0.4, 0.5) is 0 Å². The first-order valence-electron chi connectivity index (χ1n) is 9.11. The molecule has 2 saturated carbocycles. The Morgan fingerprint density at radius 1 is 0.850 bits per heavy atom. The van der Waals surface area contributed by atoms with E-state index in [-0.39, 0.29) is 5.54 Å². The van der Waals surface area contributed by atoms with E-state index in [0.717, 1.165) is 18.5 Å². The van der Waals surface area contributed by atoms with Crippen molar-refractivity contribution in [3.63, 3.8) is 0 Å². The average Bonchev–Trinajstić information content (AvgIpc) is 2.44. The second kappa shape index (κ2) is 7.79. The van der Waals surface area contributed by atoms with Crippen molar-refractivity contribution in [1.82, 2.24) is 4.90 Å². The molecule has 2 aliphatic rings. The molecular weight excluding hydrogens is 244 g/mol. The predicted molar refractivity (Wildman–Crippen MR) is 88.0 cm³/mol. The maximum Gasteiger partial charge on any atom is 0.00981 e. The summed E-state index contributed by atoms with van der Waals surface area (Å²) in [6.45, 7) is 5.62. The highest BCUT2D eigenvalue weighted by Crippen LogP contribution is 2.30. The second-order valence-electron chi connectivity index (χ2n) is 7.91. The minimum Gasteiger partial charge on any atom is -0.326 e. The Kier molecular flexibility index (Phi) is 6.35. The molecule has 0 unspecified atom stereocenters. The van der Waals surface area contributed by atoms with Gasteiger partial charge in [0.25, 0.3) is 0 Å². The van der Waals surface area contributed by atoms with Gasteiger partial charge >= 0.3 is 0 Å². The zero-order valence-corrected chi connectivity index (χ0v) is 13.9. The molecule has 118 valence electrons. The summed E-state index contributed by atoms with van der Waals surface area (Å²) in [4.78, 5) is 2.91. The lowest BCUT2D eigenvalue weighted by atomic mass is 9.88. The minimum atomic E-state index is 0.00476. The van der Waals surface area contributed by atoms with Crippen LogP contribution in [0, 0.1) is 0 Å². The Bertz CT molecular complexity index is 239. The fourth-order valence-corrected chi connectivity index (χ4v) is 4.21. The summed E-state index contributed by atoms with van der Waals surface area (Å²) in [5, 5.41) is 0. The van der Waals surface area contributed by atoms with Crippen molar-refractivity contribution in [2.45, 2.75) is 109 Å². The topological polar surface area (TPSA) is 29.3 Å². The lowest BCUT2D eigenvalue weighted by molar-refractivity contribution is 0.0774. The molecule has 2 rings (SSSR count). The molecule has 2 heteroatoms. The SMILES string of the molecule is CC(C)(N)CCCN(C1CCCCC1)C1CCCCC1. The molecule has 0 radical (unpaired) electrons. The van der Waals surface area contributed by atoms with E-state index in [9.17, 15) is 0 Å². The van der Waals surface area contributed by atoms with E-state index in [1.807, 2.05) is 0 Å². The standard InChI is InChI=1S/C18H36N2/c1-18(2,19)14-9-15-20(16-10-5-3-6-11-16)17-12-7-4-8-13-17/h16-17H,3-15,19H2,1-2H3. The van der Waals surface area contributed by atoms with E-state index >= 15 is 0 Å². The van der Waals surface area contributed by atoms with Crippen LogP contribution in [-0.2, 0) is 0 Å².